The van der Waals surface area contributed by atoms with Crippen molar-refractivity contribution in [1.29, 1.82) is 0 Å². The summed E-state index contributed by atoms with van der Waals surface area (Å²) in [6.07, 6.45) is 2.22. The number of non-ortho nitro benzene ring substituents is 1. The number of piperazine rings is 1. The van der Waals surface area contributed by atoms with Crippen LogP contribution in [0.2, 0.25) is 0 Å². The lowest BCUT2D eigenvalue weighted by molar-refractivity contribution is -0.384. The molecule has 0 spiro atoms. The fourth-order valence-corrected chi connectivity index (χ4v) is 4.84. The highest BCUT2D eigenvalue weighted by Gasteiger charge is 2.26. The van der Waals surface area contributed by atoms with Gasteiger partial charge in [0.05, 0.1) is 4.92 Å². The number of carbonyl (C=O) groups is 1. The highest BCUT2D eigenvalue weighted by atomic mass is 16.6. The van der Waals surface area contributed by atoms with Gasteiger partial charge in [-0.3, -0.25) is 14.9 Å². The Bertz CT molecular complexity index is 1020. The Hall–Kier alpha value is -3.03. The molecule has 3 rings (SSSR count). The lowest BCUT2D eigenvalue weighted by atomic mass is 9.84. The molecule has 1 aliphatic rings. The van der Waals surface area contributed by atoms with Crippen molar-refractivity contribution in [3.63, 3.8) is 0 Å². The zero-order valence-corrected chi connectivity index (χ0v) is 21.3. The lowest BCUT2D eigenvalue weighted by Crippen LogP contribution is -2.49. The number of aromatic nitrogens is 2. The van der Waals surface area contributed by atoms with E-state index in [-0.39, 0.29) is 21.9 Å². The van der Waals surface area contributed by atoms with Crippen molar-refractivity contribution in [2.75, 3.05) is 31.1 Å². The molecule has 1 aliphatic heterocycles. The van der Waals surface area contributed by atoms with Crippen LogP contribution in [-0.2, 0) is 11.2 Å². The van der Waals surface area contributed by atoms with Crippen LogP contribution in [0.4, 0.5) is 11.5 Å². The molecule has 184 valence electrons. The SMILES string of the molecule is Cc1nc(C)c(Cc2ccc([N+](=O)[O-])cc2)c(N2CCN(C(=O)C[C@@H](C)CC(C)(C)C)CC2)n1. The van der Waals surface area contributed by atoms with Crippen LogP contribution >= 0.6 is 0 Å². The van der Waals surface area contributed by atoms with E-state index in [4.69, 9.17) is 4.98 Å². The molecule has 0 saturated carbocycles. The van der Waals surface area contributed by atoms with Gasteiger partial charge in [-0.05, 0) is 37.2 Å². The maximum absolute atomic E-state index is 12.9. The fourth-order valence-electron chi connectivity index (χ4n) is 4.84. The molecule has 8 heteroatoms. The van der Waals surface area contributed by atoms with Crippen LogP contribution in [0.15, 0.2) is 24.3 Å². The van der Waals surface area contributed by atoms with Crippen LogP contribution in [0, 0.1) is 35.3 Å². The molecule has 0 bridgehead atoms. The zero-order chi connectivity index (χ0) is 25.0. The Morgan fingerprint density at radius 2 is 1.71 bits per heavy atom. The second kappa shape index (κ2) is 10.5. The molecule has 1 fully saturated rings. The maximum atomic E-state index is 12.9. The number of carbonyl (C=O) groups excluding carboxylic acids is 1. The van der Waals surface area contributed by atoms with Gasteiger partial charge in [-0.1, -0.05) is 39.8 Å². The second-order valence-corrected chi connectivity index (χ2v) is 10.7. The smallest absolute Gasteiger partial charge is 0.269 e. The van der Waals surface area contributed by atoms with Crippen molar-refractivity contribution in [3.8, 4) is 0 Å². The lowest BCUT2D eigenvalue weighted by Gasteiger charge is -2.37. The van der Waals surface area contributed by atoms with Gasteiger partial charge in [-0.15, -0.1) is 0 Å². The quantitative estimate of drug-likeness (QED) is 0.433. The summed E-state index contributed by atoms with van der Waals surface area (Å²) in [6, 6.07) is 6.64. The van der Waals surface area contributed by atoms with Crippen LogP contribution < -0.4 is 4.90 Å². The number of nitrogens with zero attached hydrogens (tertiary/aromatic N) is 5. The van der Waals surface area contributed by atoms with Crippen LogP contribution in [0.25, 0.3) is 0 Å². The van der Waals surface area contributed by atoms with Gasteiger partial charge >= 0.3 is 0 Å². The first-order valence-electron chi connectivity index (χ1n) is 12.0. The Morgan fingerprint density at radius 3 is 2.26 bits per heavy atom. The Kier molecular flexibility index (Phi) is 7.89. The third kappa shape index (κ3) is 6.74. The molecule has 0 aliphatic carbocycles. The fraction of sp³-hybridized carbons (Fsp3) is 0.577. The van der Waals surface area contributed by atoms with Crippen LogP contribution in [-0.4, -0.2) is 51.9 Å². The molecule has 1 aromatic carbocycles. The second-order valence-electron chi connectivity index (χ2n) is 10.7. The van der Waals surface area contributed by atoms with Crippen LogP contribution in [0.3, 0.4) is 0 Å². The summed E-state index contributed by atoms with van der Waals surface area (Å²) in [7, 11) is 0. The van der Waals surface area contributed by atoms with Gasteiger partial charge < -0.3 is 9.80 Å². The van der Waals surface area contributed by atoms with Gasteiger partial charge in [0.15, 0.2) is 0 Å². The predicted octanol–water partition coefficient (Wildman–Crippen LogP) is 4.70. The van der Waals surface area contributed by atoms with E-state index in [9.17, 15) is 14.9 Å². The zero-order valence-electron chi connectivity index (χ0n) is 21.3. The van der Waals surface area contributed by atoms with E-state index in [1.165, 1.54) is 12.1 Å². The van der Waals surface area contributed by atoms with Gasteiger partial charge in [0, 0.05) is 62.4 Å². The van der Waals surface area contributed by atoms with E-state index in [2.05, 4.69) is 37.6 Å². The standard InChI is InChI=1S/C26H37N5O3/c1-18(17-26(4,5)6)15-24(32)29-11-13-30(14-12-29)25-23(19(2)27-20(3)28-25)16-21-7-9-22(10-8-21)31(33)34/h7-10,18H,11-17H2,1-6H3/t18-/m1/s1. The molecule has 0 unspecified atom stereocenters. The number of hydrogen-bond acceptors (Lipinski definition) is 6. The topological polar surface area (TPSA) is 92.5 Å². The number of benzene rings is 1. The molecular weight excluding hydrogens is 430 g/mol. The van der Waals surface area contributed by atoms with Crippen molar-refractivity contribution in [1.82, 2.24) is 14.9 Å². The highest BCUT2D eigenvalue weighted by molar-refractivity contribution is 5.76. The molecule has 1 saturated heterocycles. The molecule has 1 atom stereocenters. The molecular formula is C26H37N5O3. The molecule has 8 nitrogen and oxygen atoms in total. The first kappa shape index (κ1) is 25.6. The van der Waals surface area contributed by atoms with Gasteiger partial charge in [-0.2, -0.15) is 0 Å². The third-order valence-corrected chi connectivity index (χ3v) is 6.25. The minimum Gasteiger partial charge on any atom is -0.353 e. The molecule has 1 amide bonds. The van der Waals surface area contributed by atoms with Gasteiger partial charge in [-0.25, -0.2) is 9.97 Å². The van der Waals surface area contributed by atoms with Crippen molar-refractivity contribution >= 4 is 17.4 Å². The number of nitro benzene ring substituents is 1. The summed E-state index contributed by atoms with van der Waals surface area (Å²) < 4.78 is 0. The van der Waals surface area contributed by atoms with E-state index in [0.717, 1.165) is 48.0 Å². The number of amides is 1. The molecule has 0 N–H and O–H groups in total. The Morgan fingerprint density at radius 1 is 1.09 bits per heavy atom. The summed E-state index contributed by atoms with van der Waals surface area (Å²) in [5, 5.41) is 11.0. The predicted molar refractivity (Wildman–Crippen MR) is 134 cm³/mol. The molecule has 1 aromatic heterocycles. The van der Waals surface area contributed by atoms with E-state index in [1.807, 2.05) is 18.7 Å². The Balaban J connectivity index is 1.70. The number of hydrogen-bond donors (Lipinski definition) is 0. The largest absolute Gasteiger partial charge is 0.353 e. The monoisotopic (exact) mass is 467 g/mol. The Labute approximate surface area is 202 Å². The van der Waals surface area contributed by atoms with Crippen molar-refractivity contribution < 1.29 is 9.72 Å². The molecule has 34 heavy (non-hydrogen) atoms. The van der Waals surface area contributed by atoms with Gasteiger partial charge in [0.2, 0.25) is 5.91 Å². The summed E-state index contributed by atoms with van der Waals surface area (Å²) in [5.74, 6) is 2.22. The average molecular weight is 468 g/mol. The first-order valence-corrected chi connectivity index (χ1v) is 12.0. The normalized spacial score (nSPS) is 15.4. The summed E-state index contributed by atoms with van der Waals surface area (Å²) >= 11 is 0. The molecule has 2 aromatic rings. The van der Waals surface area contributed by atoms with Gasteiger partial charge in [0.25, 0.3) is 5.69 Å². The minimum atomic E-state index is -0.389. The average Bonchev–Trinajstić information content (AvgIpc) is 2.74. The first-order chi connectivity index (χ1) is 15.9. The third-order valence-electron chi connectivity index (χ3n) is 6.25. The van der Waals surface area contributed by atoms with Gasteiger partial charge in [0.1, 0.15) is 11.6 Å². The van der Waals surface area contributed by atoms with E-state index in [1.54, 1.807) is 12.1 Å². The number of anilines is 1. The van der Waals surface area contributed by atoms with E-state index in [0.29, 0.717) is 31.8 Å². The maximum Gasteiger partial charge on any atom is 0.269 e. The van der Waals surface area contributed by atoms with Crippen LogP contribution in [0.1, 0.15) is 63.2 Å². The summed E-state index contributed by atoms with van der Waals surface area (Å²) in [5.41, 5.74) is 3.22. The minimum absolute atomic E-state index is 0.0819. The summed E-state index contributed by atoms with van der Waals surface area (Å²) in [6.45, 7) is 15.5. The number of aryl methyl sites for hydroxylation is 2. The van der Waals surface area contributed by atoms with E-state index < -0.39 is 0 Å². The van der Waals surface area contributed by atoms with Crippen molar-refractivity contribution in [2.45, 2.75) is 60.8 Å². The van der Waals surface area contributed by atoms with Crippen molar-refractivity contribution in [3.05, 3.63) is 57.0 Å². The molecule has 0 radical (unpaired) electrons. The van der Waals surface area contributed by atoms with Crippen molar-refractivity contribution in [2.24, 2.45) is 11.3 Å². The highest BCUT2D eigenvalue weighted by Crippen LogP contribution is 2.28. The number of nitro groups is 1. The number of rotatable bonds is 7. The molecule has 2 heterocycles. The van der Waals surface area contributed by atoms with Crippen LogP contribution in [0.5, 0.6) is 0 Å². The van der Waals surface area contributed by atoms with E-state index >= 15 is 0 Å². The summed E-state index contributed by atoms with van der Waals surface area (Å²) in [4.78, 5) is 37.0.